The Balaban J connectivity index is 1.21. The fraction of sp³-hybridized carbons (Fsp3) is 0.220. The average molecular weight is 712 g/mol. The molecule has 2 aliphatic carbocycles. The number of rotatable bonds is 6. The zero-order chi connectivity index (χ0) is 37.5. The minimum Gasteiger partial charge on any atom is -0.208 e. The fourth-order valence-electron chi connectivity index (χ4n) is 9.78. The summed E-state index contributed by atoms with van der Waals surface area (Å²) in [5.41, 5.74) is 9.81. The average Bonchev–Trinajstić information content (AvgIpc) is 3.22. The van der Waals surface area contributed by atoms with Gasteiger partial charge in [-0.15, -0.1) is 0 Å². The first-order valence-corrected chi connectivity index (χ1v) is 19.4. The second kappa shape index (κ2) is 14.1. The number of nitriles is 2. The van der Waals surface area contributed by atoms with Crippen LogP contribution in [0.5, 0.6) is 0 Å². The van der Waals surface area contributed by atoms with E-state index in [1.807, 2.05) is 24.3 Å². The van der Waals surface area contributed by atoms with Crippen LogP contribution in [0.15, 0.2) is 133 Å². The molecule has 1 aromatic heterocycles. The van der Waals surface area contributed by atoms with Crippen LogP contribution in [-0.4, -0.2) is 15.0 Å². The van der Waals surface area contributed by atoms with Crippen LogP contribution in [0.2, 0.25) is 0 Å². The highest BCUT2D eigenvalue weighted by Gasteiger charge is 2.45. The number of benzene rings is 6. The molecule has 7 aromatic rings. The zero-order valence-corrected chi connectivity index (χ0v) is 31.2. The molecule has 2 aliphatic rings. The summed E-state index contributed by atoms with van der Waals surface area (Å²) in [7, 11) is 0. The van der Waals surface area contributed by atoms with E-state index in [0.717, 1.165) is 56.7 Å². The van der Waals surface area contributed by atoms with Gasteiger partial charge in [-0.25, -0.2) is 15.0 Å². The Bertz CT molecular complexity index is 2530. The van der Waals surface area contributed by atoms with Crippen molar-refractivity contribution in [2.75, 3.05) is 0 Å². The lowest BCUT2D eigenvalue weighted by Crippen LogP contribution is -2.42. The second-order valence-electron chi connectivity index (χ2n) is 16.0. The van der Waals surface area contributed by atoms with E-state index in [4.69, 9.17) is 15.0 Å². The molecule has 0 N–H and O–H groups in total. The first kappa shape index (κ1) is 34.3. The molecule has 2 saturated carbocycles. The molecule has 5 nitrogen and oxygen atoms in total. The van der Waals surface area contributed by atoms with E-state index < -0.39 is 0 Å². The van der Waals surface area contributed by atoms with E-state index in [2.05, 4.69) is 111 Å². The summed E-state index contributed by atoms with van der Waals surface area (Å²) in [6, 6.07) is 50.2. The van der Waals surface area contributed by atoms with Gasteiger partial charge in [0.2, 0.25) is 0 Å². The van der Waals surface area contributed by atoms with E-state index in [1.165, 1.54) is 48.4 Å². The maximum atomic E-state index is 9.46. The van der Waals surface area contributed by atoms with Crippen LogP contribution in [-0.2, 0) is 5.41 Å². The van der Waals surface area contributed by atoms with Gasteiger partial charge in [-0.2, -0.15) is 10.5 Å². The summed E-state index contributed by atoms with van der Waals surface area (Å²) in [6.07, 6.45) is 6.59. The smallest absolute Gasteiger partial charge is 0.164 e. The number of nitrogens with zero attached hydrogens (tertiary/aromatic N) is 5. The highest BCUT2D eigenvalue weighted by atomic mass is 15.0. The quantitative estimate of drug-likeness (QED) is 0.171. The molecule has 0 amide bonds. The van der Waals surface area contributed by atoms with Crippen LogP contribution in [0.25, 0.3) is 67.2 Å². The van der Waals surface area contributed by atoms with E-state index in [1.54, 1.807) is 24.3 Å². The lowest BCUT2D eigenvalue weighted by atomic mass is 9.54. The van der Waals surface area contributed by atoms with E-state index >= 15 is 0 Å². The number of aromatic nitrogens is 3. The van der Waals surface area contributed by atoms with Crippen molar-refractivity contribution in [3.05, 3.63) is 150 Å². The summed E-state index contributed by atoms with van der Waals surface area (Å²) in [5.74, 6) is 3.92. The number of hydrogen-bond acceptors (Lipinski definition) is 5. The molecule has 0 spiro atoms. The minimum absolute atomic E-state index is 0.267. The predicted molar refractivity (Wildman–Crippen MR) is 221 cm³/mol. The Morgan fingerprint density at radius 1 is 0.509 bits per heavy atom. The first-order valence-electron chi connectivity index (χ1n) is 19.4. The van der Waals surface area contributed by atoms with Crippen molar-refractivity contribution in [2.45, 2.75) is 51.4 Å². The molecule has 0 aliphatic heterocycles. The van der Waals surface area contributed by atoms with Crippen molar-refractivity contribution in [3.8, 4) is 68.6 Å². The maximum absolute atomic E-state index is 9.46. The Kier molecular flexibility index (Phi) is 8.80. The first-order chi connectivity index (χ1) is 26.9. The van der Waals surface area contributed by atoms with Crippen LogP contribution in [0.1, 0.15) is 62.6 Å². The molecule has 4 atom stereocenters. The summed E-state index contributed by atoms with van der Waals surface area (Å²) < 4.78 is 0. The standard InChI is InChI=1S/C50H41N5/c1-32-22-36-23-33(2)28-50(27-32,29-36)44-20-18-37(19-21-44)41-24-42(46-9-5-7-38-6-3-4-8-45(38)46)26-43(25-41)49-54-47(39-14-10-34(30-51)11-15-39)53-48(55-49)40-16-12-35(31-52)13-17-40/h3-21,24-26,32-33,36H,22-23,27-29H2,1-2H3/t32-,33+,36-,50?. The lowest BCUT2D eigenvalue weighted by molar-refractivity contribution is 0.0780. The fourth-order valence-corrected chi connectivity index (χ4v) is 9.78. The molecule has 2 bridgehead atoms. The Hall–Kier alpha value is -6.43. The van der Waals surface area contributed by atoms with Crippen LogP contribution < -0.4 is 0 Å². The molecule has 6 aromatic carbocycles. The monoisotopic (exact) mass is 711 g/mol. The summed E-state index contributed by atoms with van der Waals surface area (Å²) >= 11 is 0. The SMILES string of the molecule is C[C@@H]1C[C@@H]2C[C@H](C)CC(c3ccc(-c4cc(-c5nc(-c6ccc(C#N)cc6)nc(-c6ccc(C#N)cc6)n5)cc(-c5cccc6ccccc56)c4)cc3)(C1)C2. The van der Waals surface area contributed by atoms with Gasteiger partial charge in [0.1, 0.15) is 0 Å². The van der Waals surface area contributed by atoms with Gasteiger partial charge >= 0.3 is 0 Å². The van der Waals surface area contributed by atoms with Crippen molar-refractivity contribution in [3.63, 3.8) is 0 Å². The van der Waals surface area contributed by atoms with Crippen LogP contribution in [0.4, 0.5) is 0 Å². The highest BCUT2D eigenvalue weighted by molar-refractivity contribution is 5.98. The van der Waals surface area contributed by atoms with Crippen molar-refractivity contribution >= 4 is 10.8 Å². The minimum atomic E-state index is 0.267. The largest absolute Gasteiger partial charge is 0.208 e. The molecular formula is C50H41N5. The van der Waals surface area contributed by atoms with Crippen LogP contribution in [0.3, 0.4) is 0 Å². The third-order valence-electron chi connectivity index (χ3n) is 11.9. The molecule has 0 radical (unpaired) electrons. The van der Waals surface area contributed by atoms with Gasteiger partial charge in [-0.05, 0) is 161 Å². The van der Waals surface area contributed by atoms with E-state index in [-0.39, 0.29) is 5.41 Å². The van der Waals surface area contributed by atoms with Gasteiger partial charge in [0.15, 0.2) is 17.5 Å². The van der Waals surface area contributed by atoms with Gasteiger partial charge in [0, 0.05) is 16.7 Å². The highest BCUT2D eigenvalue weighted by Crippen LogP contribution is 2.54. The molecule has 1 heterocycles. The van der Waals surface area contributed by atoms with Gasteiger partial charge in [-0.3, -0.25) is 0 Å². The Labute approximate surface area is 323 Å². The summed E-state index contributed by atoms with van der Waals surface area (Å²) in [5, 5.41) is 21.3. The van der Waals surface area contributed by atoms with Crippen LogP contribution >= 0.6 is 0 Å². The molecule has 1 unspecified atom stereocenters. The zero-order valence-electron chi connectivity index (χ0n) is 31.2. The van der Waals surface area contributed by atoms with Gasteiger partial charge in [0.05, 0.1) is 23.3 Å². The summed E-state index contributed by atoms with van der Waals surface area (Å²) in [6.45, 7) is 4.90. The molecule has 2 fully saturated rings. The van der Waals surface area contributed by atoms with Crippen molar-refractivity contribution in [1.82, 2.24) is 15.0 Å². The number of fused-ring (bicyclic) bond motifs is 3. The maximum Gasteiger partial charge on any atom is 0.164 e. The Morgan fingerprint density at radius 3 is 1.62 bits per heavy atom. The Morgan fingerprint density at radius 2 is 1.02 bits per heavy atom. The van der Waals surface area contributed by atoms with Crippen molar-refractivity contribution < 1.29 is 0 Å². The van der Waals surface area contributed by atoms with Crippen molar-refractivity contribution in [1.29, 1.82) is 10.5 Å². The molecule has 55 heavy (non-hydrogen) atoms. The van der Waals surface area contributed by atoms with E-state index in [0.29, 0.717) is 28.6 Å². The second-order valence-corrected chi connectivity index (χ2v) is 16.0. The topological polar surface area (TPSA) is 86.2 Å². The van der Waals surface area contributed by atoms with Gasteiger partial charge in [0.25, 0.3) is 0 Å². The molecule has 9 rings (SSSR count). The van der Waals surface area contributed by atoms with Gasteiger partial charge in [-0.1, -0.05) is 80.6 Å². The predicted octanol–water partition coefficient (Wildman–Crippen LogP) is 12.2. The summed E-state index contributed by atoms with van der Waals surface area (Å²) in [4.78, 5) is 15.1. The lowest BCUT2D eigenvalue weighted by Gasteiger charge is -2.50. The van der Waals surface area contributed by atoms with Crippen LogP contribution in [0, 0.1) is 40.4 Å². The number of hydrogen-bond donors (Lipinski definition) is 0. The molecule has 266 valence electrons. The van der Waals surface area contributed by atoms with Gasteiger partial charge < -0.3 is 0 Å². The van der Waals surface area contributed by atoms with Crippen molar-refractivity contribution in [2.24, 2.45) is 17.8 Å². The third kappa shape index (κ3) is 6.68. The normalized spacial score (nSPS) is 20.4. The molecular weight excluding hydrogens is 671 g/mol. The molecule has 0 saturated heterocycles. The van der Waals surface area contributed by atoms with E-state index in [9.17, 15) is 10.5 Å². The third-order valence-corrected chi connectivity index (χ3v) is 11.9. The molecule has 5 heteroatoms.